The number of anilines is 1. The SMILES string of the molecule is Cc1nc(N)cc(-c2ccc(F)cc2)n1. The van der Waals surface area contributed by atoms with Gasteiger partial charge in [0.2, 0.25) is 0 Å². The largest absolute Gasteiger partial charge is 0.384 e. The van der Waals surface area contributed by atoms with Crippen molar-refractivity contribution in [3.8, 4) is 11.3 Å². The maximum absolute atomic E-state index is 12.7. The van der Waals surface area contributed by atoms with Crippen molar-refractivity contribution in [3.63, 3.8) is 0 Å². The third kappa shape index (κ3) is 2.10. The molecule has 0 amide bonds. The van der Waals surface area contributed by atoms with Crippen molar-refractivity contribution < 1.29 is 4.39 Å². The summed E-state index contributed by atoms with van der Waals surface area (Å²) in [6, 6.07) is 7.78. The van der Waals surface area contributed by atoms with Gasteiger partial charge in [0.25, 0.3) is 0 Å². The summed E-state index contributed by atoms with van der Waals surface area (Å²) in [4.78, 5) is 8.19. The highest BCUT2D eigenvalue weighted by atomic mass is 19.1. The molecule has 0 radical (unpaired) electrons. The van der Waals surface area contributed by atoms with Crippen LogP contribution in [0, 0.1) is 12.7 Å². The van der Waals surface area contributed by atoms with Crippen LogP contribution in [-0.2, 0) is 0 Å². The number of nitrogen functional groups attached to an aromatic ring is 1. The van der Waals surface area contributed by atoms with Crippen molar-refractivity contribution in [1.82, 2.24) is 9.97 Å². The molecule has 0 spiro atoms. The Labute approximate surface area is 86.8 Å². The molecular weight excluding hydrogens is 193 g/mol. The lowest BCUT2D eigenvalue weighted by atomic mass is 10.1. The Morgan fingerprint density at radius 1 is 1.13 bits per heavy atom. The van der Waals surface area contributed by atoms with Crippen LogP contribution in [0.15, 0.2) is 30.3 Å². The van der Waals surface area contributed by atoms with Crippen LogP contribution in [0.25, 0.3) is 11.3 Å². The summed E-state index contributed by atoms with van der Waals surface area (Å²) < 4.78 is 12.7. The molecule has 15 heavy (non-hydrogen) atoms. The number of hydrogen-bond acceptors (Lipinski definition) is 3. The molecule has 0 aliphatic heterocycles. The average molecular weight is 203 g/mol. The minimum Gasteiger partial charge on any atom is -0.384 e. The van der Waals surface area contributed by atoms with Gasteiger partial charge in [-0.25, -0.2) is 14.4 Å². The van der Waals surface area contributed by atoms with E-state index in [2.05, 4.69) is 9.97 Å². The van der Waals surface area contributed by atoms with Crippen molar-refractivity contribution in [1.29, 1.82) is 0 Å². The summed E-state index contributed by atoms with van der Waals surface area (Å²) >= 11 is 0. The van der Waals surface area contributed by atoms with Crippen LogP contribution in [0.1, 0.15) is 5.82 Å². The van der Waals surface area contributed by atoms with Crippen LogP contribution in [0.3, 0.4) is 0 Å². The van der Waals surface area contributed by atoms with Crippen LogP contribution in [0.2, 0.25) is 0 Å². The van der Waals surface area contributed by atoms with Gasteiger partial charge < -0.3 is 5.73 Å². The first-order valence-corrected chi connectivity index (χ1v) is 4.52. The summed E-state index contributed by atoms with van der Waals surface area (Å²) in [7, 11) is 0. The molecule has 0 aliphatic carbocycles. The average Bonchev–Trinajstić information content (AvgIpc) is 2.17. The molecule has 2 aromatic rings. The molecule has 0 unspecified atom stereocenters. The normalized spacial score (nSPS) is 10.3. The Bertz CT molecular complexity index is 459. The Morgan fingerprint density at radius 3 is 2.40 bits per heavy atom. The fraction of sp³-hybridized carbons (Fsp3) is 0.0909. The molecule has 1 aromatic carbocycles. The van der Waals surface area contributed by atoms with E-state index in [1.807, 2.05) is 0 Å². The van der Waals surface area contributed by atoms with Gasteiger partial charge >= 0.3 is 0 Å². The summed E-state index contributed by atoms with van der Waals surface area (Å²) in [6.07, 6.45) is 0. The highest BCUT2D eigenvalue weighted by Gasteiger charge is 2.02. The Kier molecular flexibility index (Phi) is 2.33. The second-order valence-electron chi connectivity index (χ2n) is 3.23. The maximum atomic E-state index is 12.7. The van der Waals surface area contributed by atoms with Gasteiger partial charge in [0.15, 0.2) is 0 Å². The Hall–Kier alpha value is -1.97. The second-order valence-corrected chi connectivity index (χ2v) is 3.23. The minimum atomic E-state index is -0.266. The highest BCUT2D eigenvalue weighted by molar-refractivity contribution is 5.61. The predicted octanol–water partition coefficient (Wildman–Crippen LogP) is 2.17. The van der Waals surface area contributed by atoms with Gasteiger partial charge in [-0.1, -0.05) is 0 Å². The van der Waals surface area contributed by atoms with Gasteiger partial charge in [-0.2, -0.15) is 0 Å². The molecule has 1 heterocycles. The number of nitrogens with two attached hydrogens (primary N) is 1. The molecule has 0 bridgehead atoms. The van der Waals surface area contributed by atoms with Crippen molar-refractivity contribution in [2.45, 2.75) is 6.92 Å². The van der Waals surface area contributed by atoms with E-state index in [1.54, 1.807) is 25.1 Å². The molecule has 0 saturated carbocycles. The quantitative estimate of drug-likeness (QED) is 0.772. The van der Waals surface area contributed by atoms with Crippen LogP contribution < -0.4 is 5.73 Å². The Morgan fingerprint density at radius 2 is 1.80 bits per heavy atom. The zero-order valence-electron chi connectivity index (χ0n) is 8.24. The van der Waals surface area contributed by atoms with Crippen LogP contribution >= 0.6 is 0 Å². The van der Waals surface area contributed by atoms with Crippen LogP contribution in [-0.4, -0.2) is 9.97 Å². The number of hydrogen-bond donors (Lipinski definition) is 1. The van der Waals surface area contributed by atoms with E-state index >= 15 is 0 Å². The number of rotatable bonds is 1. The number of nitrogens with zero attached hydrogens (tertiary/aromatic N) is 2. The fourth-order valence-electron chi connectivity index (χ4n) is 1.36. The van der Waals surface area contributed by atoms with E-state index in [1.165, 1.54) is 12.1 Å². The maximum Gasteiger partial charge on any atom is 0.128 e. The van der Waals surface area contributed by atoms with E-state index in [0.29, 0.717) is 17.3 Å². The molecule has 0 atom stereocenters. The zero-order valence-corrected chi connectivity index (χ0v) is 8.24. The van der Waals surface area contributed by atoms with Crippen LogP contribution in [0.5, 0.6) is 0 Å². The minimum absolute atomic E-state index is 0.266. The molecule has 3 nitrogen and oxygen atoms in total. The summed E-state index contributed by atoms with van der Waals surface area (Å²) in [5, 5.41) is 0. The van der Waals surface area contributed by atoms with Gasteiger partial charge in [-0.3, -0.25) is 0 Å². The van der Waals surface area contributed by atoms with Gasteiger partial charge in [0, 0.05) is 11.6 Å². The number of aromatic nitrogens is 2. The zero-order chi connectivity index (χ0) is 10.8. The van der Waals surface area contributed by atoms with E-state index in [9.17, 15) is 4.39 Å². The smallest absolute Gasteiger partial charge is 0.128 e. The van der Waals surface area contributed by atoms with Crippen molar-refractivity contribution in [2.24, 2.45) is 0 Å². The van der Waals surface area contributed by atoms with E-state index in [-0.39, 0.29) is 5.82 Å². The van der Waals surface area contributed by atoms with E-state index < -0.39 is 0 Å². The number of aryl methyl sites for hydroxylation is 1. The first kappa shape index (κ1) is 9.58. The van der Waals surface area contributed by atoms with Crippen molar-refractivity contribution >= 4 is 5.82 Å². The number of halogens is 1. The molecule has 2 rings (SSSR count). The summed E-state index contributed by atoms with van der Waals surface area (Å²) in [6.45, 7) is 1.77. The van der Waals surface area contributed by atoms with Gasteiger partial charge in [0.1, 0.15) is 17.5 Å². The molecule has 0 saturated heterocycles. The first-order valence-electron chi connectivity index (χ1n) is 4.52. The lowest BCUT2D eigenvalue weighted by Crippen LogP contribution is -1.97. The second kappa shape index (κ2) is 3.65. The molecule has 1 aromatic heterocycles. The Balaban J connectivity index is 2.49. The molecular formula is C11H10FN3. The standard InChI is InChI=1S/C11H10FN3/c1-7-14-10(6-11(13)15-7)8-2-4-9(12)5-3-8/h2-6H,1H3,(H2,13,14,15). The summed E-state index contributed by atoms with van der Waals surface area (Å²) in [5.74, 6) is 0.758. The van der Waals surface area contributed by atoms with Gasteiger partial charge in [-0.15, -0.1) is 0 Å². The molecule has 2 N–H and O–H groups in total. The summed E-state index contributed by atoms with van der Waals surface area (Å²) in [5.41, 5.74) is 7.14. The third-order valence-corrected chi connectivity index (χ3v) is 2.00. The van der Waals surface area contributed by atoms with Gasteiger partial charge in [0.05, 0.1) is 5.69 Å². The molecule has 76 valence electrons. The van der Waals surface area contributed by atoms with Crippen molar-refractivity contribution in [2.75, 3.05) is 5.73 Å². The molecule has 4 heteroatoms. The van der Waals surface area contributed by atoms with Crippen LogP contribution in [0.4, 0.5) is 10.2 Å². The van der Waals surface area contributed by atoms with E-state index in [0.717, 1.165) is 5.56 Å². The number of benzene rings is 1. The fourth-order valence-corrected chi connectivity index (χ4v) is 1.36. The van der Waals surface area contributed by atoms with Crippen molar-refractivity contribution in [3.05, 3.63) is 42.0 Å². The third-order valence-electron chi connectivity index (χ3n) is 2.00. The predicted molar refractivity (Wildman–Crippen MR) is 56.6 cm³/mol. The highest BCUT2D eigenvalue weighted by Crippen LogP contribution is 2.18. The monoisotopic (exact) mass is 203 g/mol. The lowest BCUT2D eigenvalue weighted by molar-refractivity contribution is 0.628. The lowest BCUT2D eigenvalue weighted by Gasteiger charge is -2.02. The molecule has 0 aliphatic rings. The van der Waals surface area contributed by atoms with Gasteiger partial charge in [-0.05, 0) is 31.2 Å². The first-order chi connectivity index (χ1) is 7.15. The van der Waals surface area contributed by atoms with E-state index in [4.69, 9.17) is 5.73 Å². The topological polar surface area (TPSA) is 51.8 Å². The molecule has 0 fully saturated rings.